The summed E-state index contributed by atoms with van der Waals surface area (Å²) in [5.74, 6) is -1.25. The maximum absolute atomic E-state index is 12.1. The van der Waals surface area contributed by atoms with E-state index in [9.17, 15) is 13.2 Å². The van der Waals surface area contributed by atoms with Crippen LogP contribution in [-0.2, 0) is 9.84 Å². The van der Waals surface area contributed by atoms with Gasteiger partial charge in [0.15, 0.2) is 15.6 Å². The molecule has 2 aromatic rings. The normalized spacial score (nSPS) is 11.6. The maximum Gasteiger partial charge on any atom is 0.185 e. The van der Waals surface area contributed by atoms with Crippen molar-refractivity contribution in [2.75, 3.05) is 5.75 Å². The Labute approximate surface area is 135 Å². The van der Waals surface area contributed by atoms with Crippen LogP contribution in [-0.4, -0.2) is 20.0 Å². The number of thiophene rings is 1. The van der Waals surface area contributed by atoms with E-state index in [4.69, 9.17) is 34.8 Å². The Bertz CT molecular complexity index is 749. The highest BCUT2D eigenvalue weighted by atomic mass is 35.5. The number of ketones is 1. The second-order valence-corrected chi connectivity index (χ2v) is 8.59. The fraction of sp³-hybridized carbons (Fsp3) is 0.0833. The molecule has 0 N–H and O–H groups in total. The van der Waals surface area contributed by atoms with Crippen LogP contribution in [0.25, 0.3) is 0 Å². The van der Waals surface area contributed by atoms with Gasteiger partial charge in [-0.25, -0.2) is 8.42 Å². The minimum atomic E-state index is -3.74. The van der Waals surface area contributed by atoms with E-state index < -0.39 is 21.4 Å². The minimum absolute atomic E-state index is 0.0349. The predicted octanol–water partition coefficient (Wildman–Crippen LogP) is 4.36. The molecule has 106 valence electrons. The fourth-order valence-corrected chi connectivity index (χ4v) is 4.35. The van der Waals surface area contributed by atoms with Gasteiger partial charge in [-0.05, 0) is 30.3 Å². The molecule has 0 aliphatic heterocycles. The first-order valence-electron chi connectivity index (χ1n) is 5.26. The molecule has 0 spiro atoms. The molecule has 3 nitrogen and oxygen atoms in total. The molecule has 1 heterocycles. The van der Waals surface area contributed by atoms with Gasteiger partial charge in [-0.2, -0.15) is 0 Å². The Morgan fingerprint density at radius 3 is 2.20 bits per heavy atom. The molecule has 0 bridgehead atoms. The second-order valence-electron chi connectivity index (χ2n) is 3.87. The third kappa shape index (κ3) is 3.54. The summed E-state index contributed by atoms with van der Waals surface area (Å²) in [6.07, 6.45) is 0. The van der Waals surface area contributed by atoms with Gasteiger partial charge >= 0.3 is 0 Å². The van der Waals surface area contributed by atoms with Crippen LogP contribution in [0, 0.1) is 0 Å². The lowest BCUT2D eigenvalue weighted by atomic mass is 10.2. The van der Waals surface area contributed by atoms with Crippen molar-refractivity contribution in [3.05, 3.63) is 49.6 Å². The lowest BCUT2D eigenvalue weighted by molar-refractivity contribution is 0.102. The molecular weight excluding hydrogens is 363 g/mol. The van der Waals surface area contributed by atoms with Crippen molar-refractivity contribution in [2.24, 2.45) is 0 Å². The van der Waals surface area contributed by atoms with Gasteiger partial charge in [-0.1, -0.05) is 34.8 Å². The topological polar surface area (TPSA) is 51.2 Å². The van der Waals surface area contributed by atoms with Gasteiger partial charge in [0.05, 0.1) is 9.23 Å². The smallest absolute Gasteiger partial charge is 0.185 e. The van der Waals surface area contributed by atoms with E-state index in [1.54, 1.807) is 0 Å². The van der Waals surface area contributed by atoms with Gasteiger partial charge in [-0.3, -0.25) is 4.79 Å². The van der Waals surface area contributed by atoms with Crippen molar-refractivity contribution < 1.29 is 13.2 Å². The van der Waals surface area contributed by atoms with Crippen molar-refractivity contribution in [1.29, 1.82) is 0 Å². The number of benzene rings is 1. The lowest BCUT2D eigenvalue weighted by Crippen LogP contribution is -2.16. The first-order valence-corrected chi connectivity index (χ1v) is 8.86. The first-order chi connectivity index (χ1) is 9.29. The van der Waals surface area contributed by atoms with Crippen LogP contribution in [0.4, 0.5) is 0 Å². The number of Topliss-reactive ketones (excluding diaryl/α,β-unsaturated/α-hetero) is 1. The monoisotopic (exact) mass is 368 g/mol. The van der Waals surface area contributed by atoms with Crippen LogP contribution in [0.5, 0.6) is 0 Å². The number of hydrogen-bond acceptors (Lipinski definition) is 4. The molecule has 0 radical (unpaired) electrons. The third-order valence-corrected chi connectivity index (χ3v) is 5.82. The molecule has 0 aliphatic rings. The molecule has 1 aromatic heterocycles. The van der Waals surface area contributed by atoms with E-state index in [0.717, 1.165) is 11.3 Å². The molecule has 0 saturated carbocycles. The molecule has 0 aliphatic carbocycles. The summed E-state index contributed by atoms with van der Waals surface area (Å²) in [6.45, 7) is 0. The van der Waals surface area contributed by atoms with Crippen LogP contribution in [0.2, 0.25) is 13.7 Å². The van der Waals surface area contributed by atoms with E-state index in [1.165, 1.54) is 30.3 Å². The number of rotatable bonds is 4. The number of hydrogen-bond donors (Lipinski definition) is 0. The van der Waals surface area contributed by atoms with E-state index in [-0.39, 0.29) is 14.8 Å². The summed E-state index contributed by atoms with van der Waals surface area (Å²) in [5.41, 5.74) is 0.124. The number of halogens is 3. The first kappa shape index (κ1) is 15.8. The van der Waals surface area contributed by atoms with Crippen LogP contribution in [0.3, 0.4) is 0 Å². The average Bonchev–Trinajstić information content (AvgIpc) is 2.68. The second kappa shape index (κ2) is 6.03. The van der Waals surface area contributed by atoms with Crippen molar-refractivity contribution in [1.82, 2.24) is 0 Å². The number of carbonyl (C=O) groups is 1. The molecule has 0 unspecified atom stereocenters. The Hall–Kier alpha value is -0.590. The molecule has 20 heavy (non-hydrogen) atoms. The molecule has 0 atom stereocenters. The zero-order chi connectivity index (χ0) is 14.9. The number of carbonyl (C=O) groups excluding carboxylic acids is 1. The summed E-state index contributed by atoms with van der Waals surface area (Å²) in [7, 11) is -3.74. The molecular formula is C12H7Cl3O3S2. The SMILES string of the molecule is O=C(CS(=O)(=O)c1ccc(Cl)cc1)c1cc(Cl)sc1Cl. The summed E-state index contributed by atoms with van der Waals surface area (Å²) in [4.78, 5) is 12.0. The summed E-state index contributed by atoms with van der Waals surface area (Å²) >= 11 is 18.3. The Kier molecular flexibility index (Phi) is 4.76. The standard InChI is InChI=1S/C12H7Cl3O3S2/c13-7-1-3-8(4-2-7)20(17,18)6-10(16)9-5-11(14)19-12(9)15/h1-5H,6H2. The number of sulfone groups is 1. The Balaban J connectivity index is 2.26. The van der Waals surface area contributed by atoms with E-state index in [2.05, 4.69) is 0 Å². The van der Waals surface area contributed by atoms with Gasteiger partial charge in [0.1, 0.15) is 10.1 Å². The minimum Gasteiger partial charge on any atom is -0.293 e. The molecule has 2 rings (SSSR count). The predicted molar refractivity (Wildman–Crippen MR) is 82.2 cm³/mol. The van der Waals surface area contributed by atoms with Crippen molar-refractivity contribution >= 4 is 61.8 Å². The van der Waals surface area contributed by atoms with Crippen molar-refractivity contribution in [3.63, 3.8) is 0 Å². The molecule has 0 amide bonds. The lowest BCUT2D eigenvalue weighted by Gasteiger charge is -2.03. The summed E-state index contributed by atoms with van der Waals surface area (Å²) in [5, 5.41) is 0.419. The van der Waals surface area contributed by atoms with Crippen LogP contribution in [0.15, 0.2) is 35.2 Å². The largest absolute Gasteiger partial charge is 0.293 e. The van der Waals surface area contributed by atoms with Crippen LogP contribution < -0.4 is 0 Å². The highest BCUT2D eigenvalue weighted by molar-refractivity contribution is 7.92. The van der Waals surface area contributed by atoms with Gasteiger partial charge in [0.25, 0.3) is 0 Å². The van der Waals surface area contributed by atoms with Crippen molar-refractivity contribution in [2.45, 2.75) is 4.90 Å². The third-order valence-electron chi connectivity index (χ3n) is 2.45. The molecule has 1 aromatic carbocycles. The van der Waals surface area contributed by atoms with E-state index in [1.807, 2.05) is 0 Å². The van der Waals surface area contributed by atoms with E-state index >= 15 is 0 Å². The maximum atomic E-state index is 12.1. The van der Waals surface area contributed by atoms with Gasteiger partial charge in [0, 0.05) is 10.6 Å². The van der Waals surface area contributed by atoms with Crippen molar-refractivity contribution in [3.8, 4) is 0 Å². The molecule has 0 fully saturated rings. The van der Waals surface area contributed by atoms with E-state index in [0.29, 0.717) is 9.36 Å². The molecule has 8 heteroatoms. The van der Waals surface area contributed by atoms with Gasteiger partial charge in [0.2, 0.25) is 0 Å². The van der Waals surface area contributed by atoms with Crippen LogP contribution in [0.1, 0.15) is 10.4 Å². The highest BCUT2D eigenvalue weighted by Crippen LogP contribution is 2.32. The van der Waals surface area contributed by atoms with Crippen LogP contribution >= 0.6 is 46.1 Å². The average molecular weight is 370 g/mol. The zero-order valence-corrected chi connectivity index (χ0v) is 13.7. The summed E-state index contributed by atoms with van der Waals surface area (Å²) < 4.78 is 24.7. The summed E-state index contributed by atoms with van der Waals surface area (Å²) in [6, 6.07) is 6.98. The Morgan fingerprint density at radius 2 is 1.70 bits per heavy atom. The fourth-order valence-electron chi connectivity index (χ4n) is 1.51. The van der Waals surface area contributed by atoms with Gasteiger partial charge in [-0.15, -0.1) is 11.3 Å². The quantitative estimate of drug-likeness (QED) is 0.752. The molecule has 0 saturated heterocycles. The zero-order valence-electron chi connectivity index (χ0n) is 9.77. The Morgan fingerprint density at radius 1 is 1.10 bits per heavy atom. The highest BCUT2D eigenvalue weighted by Gasteiger charge is 2.23. The van der Waals surface area contributed by atoms with Gasteiger partial charge < -0.3 is 0 Å².